The molecule has 2 saturated heterocycles. The molecule has 0 saturated carbocycles. The van der Waals surface area contributed by atoms with Crippen molar-refractivity contribution in [1.29, 1.82) is 0 Å². The highest BCUT2D eigenvalue weighted by atomic mass is 19.4. The normalized spacial score (nSPS) is 22.0. The van der Waals surface area contributed by atoms with Gasteiger partial charge in [-0.15, -0.1) is 0 Å². The molecule has 3 aromatic rings. The molecule has 0 aromatic heterocycles. The molecular formula is C38H44F3N3O9. The van der Waals surface area contributed by atoms with Gasteiger partial charge >= 0.3 is 24.3 Å². The second-order valence-corrected chi connectivity index (χ2v) is 13.2. The lowest BCUT2D eigenvalue weighted by Gasteiger charge is -2.47. The molecule has 2 fully saturated rings. The lowest BCUT2D eigenvalue weighted by atomic mass is 9.90. The van der Waals surface area contributed by atoms with Crippen molar-refractivity contribution >= 4 is 34.8 Å². The van der Waals surface area contributed by atoms with Crippen molar-refractivity contribution in [3.8, 4) is 0 Å². The summed E-state index contributed by atoms with van der Waals surface area (Å²) in [5.74, 6) is -2.18. The first kappa shape index (κ1) is 39.3. The van der Waals surface area contributed by atoms with Gasteiger partial charge in [0.05, 0.1) is 24.9 Å². The van der Waals surface area contributed by atoms with E-state index < -0.39 is 60.0 Å². The summed E-state index contributed by atoms with van der Waals surface area (Å²) in [6, 6.07) is 17.5. The summed E-state index contributed by atoms with van der Waals surface area (Å²) in [6.07, 6.45) is -5.43. The Kier molecular flexibility index (Phi) is 13.2. The molecule has 2 heterocycles. The van der Waals surface area contributed by atoms with Gasteiger partial charge in [-0.3, -0.25) is 4.79 Å². The lowest BCUT2D eigenvalue weighted by molar-refractivity contribution is -0.329. The standard InChI is InChI=1S/C38H44F3N3O9/c1-24(34(46)49-2)44-33(45)16-15-29-19-31(51-36(48)43-22-27-11-6-10-26-9-3-4-14-32(26)27)20-37(52-29)17-7-13-30(53-37)23-50-35(47)42-21-25-8-5-12-28(18-25)38(39,40)41/h3-6,8-12,14,18,24,29-31H,7,13,15-17,19-23H2,1-2H3,(H,42,47)(H,43,48)(H,44,45)/t24-,29?,30?,31?,37?/m0/s1. The average Bonchev–Trinajstić information content (AvgIpc) is 3.13. The van der Waals surface area contributed by atoms with Crippen molar-refractivity contribution in [2.75, 3.05) is 13.7 Å². The molecule has 2 aliphatic heterocycles. The zero-order valence-electron chi connectivity index (χ0n) is 29.5. The van der Waals surface area contributed by atoms with E-state index in [9.17, 15) is 32.3 Å². The van der Waals surface area contributed by atoms with Gasteiger partial charge in [-0.25, -0.2) is 14.4 Å². The number of carbonyl (C=O) groups is 4. The van der Waals surface area contributed by atoms with Crippen LogP contribution in [0.25, 0.3) is 10.8 Å². The van der Waals surface area contributed by atoms with Crippen LogP contribution in [0, 0.1) is 0 Å². The number of esters is 1. The molecule has 0 aliphatic carbocycles. The molecule has 0 bridgehead atoms. The Balaban J connectivity index is 1.19. The van der Waals surface area contributed by atoms with Gasteiger partial charge in [-0.1, -0.05) is 54.6 Å². The Morgan fingerprint density at radius 1 is 0.943 bits per heavy atom. The monoisotopic (exact) mass is 743 g/mol. The summed E-state index contributed by atoms with van der Waals surface area (Å²) in [4.78, 5) is 50.0. The lowest BCUT2D eigenvalue weighted by Crippen LogP contribution is -2.53. The van der Waals surface area contributed by atoms with E-state index in [0.717, 1.165) is 28.5 Å². The molecule has 0 radical (unpaired) electrons. The zero-order valence-corrected chi connectivity index (χ0v) is 29.5. The van der Waals surface area contributed by atoms with Crippen molar-refractivity contribution in [3.63, 3.8) is 0 Å². The number of methoxy groups -OCH3 is 1. The van der Waals surface area contributed by atoms with E-state index in [2.05, 4.69) is 20.7 Å². The molecular weight excluding hydrogens is 699 g/mol. The van der Waals surface area contributed by atoms with Gasteiger partial charge in [0, 0.05) is 38.8 Å². The third-order valence-corrected chi connectivity index (χ3v) is 9.21. The first-order valence-corrected chi connectivity index (χ1v) is 17.5. The second-order valence-electron chi connectivity index (χ2n) is 13.2. The smallest absolute Gasteiger partial charge is 0.416 e. The molecule has 12 nitrogen and oxygen atoms in total. The van der Waals surface area contributed by atoms with E-state index in [4.69, 9.17) is 18.9 Å². The number of alkyl carbamates (subject to hydrolysis) is 2. The van der Waals surface area contributed by atoms with Crippen LogP contribution in [0.4, 0.5) is 22.8 Å². The summed E-state index contributed by atoms with van der Waals surface area (Å²) in [6.45, 7) is 1.42. The molecule has 53 heavy (non-hydrogen) atoms. The van der Waals surface area contributed by atoms with Crippen LogP contribution >= 0.6 is 0 Å². The Bertz CT molecular complexity index is 1750. The first-order chi connectivity index (χ1) is 25.3. The molecule has 3 amide bonds. The van der Waals surface area contributed by atoms with Crippen LogP contribution in [0.3, 0.4) is 0 Å². The second kappa shape index (κ2) is 17.8. The van der Waals surface area contributed by atoms with Crippen LogP contribution in [0.2, 0.25) is 0 Å². The first-order valence-electron chi connectivity index (χ1n) is 17.5. The van der Waals surface area contributed by atoms with Gasteiger partial charge in [0.25, 0.3) is 0 Å². The van der Waals surface area contributed by atoms with Crippen molar-refractivity contribution in [2.24, 2.45) is 0 Å². The number of fused-ring (bicyclic) bond motifs is 1. The summed E-state index contributed by atoms with van der Waals surface area (Å²) >= 11 is 0. The minimum Gasteiger partial charge on any atom is -0.467 e. The number of carbonyl (C=O) groups excluding carboxylic acids is 4. The Hall–Kier alpha value is -4.89. The van der Waals surface area contributed by atoms with Crippen LogP contribution in [0.15, 0.2) is 66.7 Å². The van der Waals surface area contributed by atoms with E-state index in [1.807, 2.05) is 42.5 Å². The number of halogens is 3. The van der Waals surface area contributed by atoms with Gasteiger partial charge in [0.2, 0.25) is 5.91 Å². The molecule has 4 unspecified atom stereocenters. The van der Waals surface area contributed by atoms with Crippen molar-refractivity contribution < 1.29 is 56.0 Å². The predicted octanol–water partition coefficient (Wildman–Crippen LogP) is 6.28. The van der Waals surface area contributed by atoms with Crippen LogP contribution in [0.1, 0.15) is 68.6 Å². The van der Waals surface area contributed by atoms with Gasteiger partial charge in [0.15, 0.2) is 5.79 Å². The Labute approximate surface area is 305 Å². The summed E-state index contributed by atoms with van der Waals surface area (Å²) < 4.78 is 68.0. The topological polar surface area (TPSA) is 151 Å². The number of hydrogen-bond donors (Lipinski definition) is 3. The molecule has 1 spiro atoms. The van der Waals surface area contributed by atoms with Crippen LogP contribution in [-0.2, 0) is 52.5 Å². The zero-order chi connectivity index (χ0) is 38.0. The SMILES string of the molecule is COC(=O)[C@H](C)NC(=O)CCC1CC(OC(=O)NCc2cccc3ccccc23)CC2(CCCC(COC(=O)NCc3cccc(C(F)(F)F)c3)O2)O1. The van der Waals surface area contributed by atoms with Gasteiger partial charge in [-0.2, -0.15) is 13.2 Å². The number of ether oxygens (including phenoxy) is 5. The van der Waals surface area contributed by atoms with Crippen LogP contribution in [-0.4, -0.2) is 67.9 Å². The summed E-state index contributed by atoms with van der Waals surface area (Å²) in [7, 11) is 1.23. The van der Waals surface area contributed by atoms with Crippen LogP contribution in [0.5, 0.6) is 0 Å². The Morgan fingerprint density at radius 3 is 2.47 bits per heavy atom. The third kappa shape index (κ3) is 11.3. The highest BCUT2D eigenvalue weighted by Crippen LogP contribution is 2.41. The molecule has 3 aromatic carbocycles. The number of amides is 3. The maximum absolute atomic E-state index is 13.1. The molecule has 286 valence electrons. The van der Waals surface area contributed by atoms with E-state index in [0.29, 0.717) is 19.3 Å². The maximum atomic E-state index is 13.1. The van der Waals surface area contributed by atoms with Gasteiger partial charge < -0.3 is 39.6 Å². The third-order valence-electron chi connectivity index (χ3n) is 9.21. The molecule has 3 N–H and O–H groups in total. The number of alkyl halides is 3. The molecule has 5 rings (SSSR count). The fraction of sp³-hybridized carbons (Fsp3) is 0.474. The van der Waals surface area contributed by atoms with E-state index in [1.54, 1.807) is 0 Å². The molecule has 5 atom stereocenters. The maximum Gasteiger partial charge on any atom is 0.416 e. The average molecular weight is 744 g/mol. The molecule has 15 heteroatoms. The highest BCUT2D eigenvalue weighted by molar-refractivity contribution is 5.86. The quantitative estimate of drug-likeness (QED) is 0.144. The van der Waals surface area contributed by atoms with E-state index in [-0.39, 0.29) is 56.9 Å². The number of nitrogens with one attached hydrogen (secondary N) is 3. The van der Waals surface area contributed by atoms with Crippen LogP contribution < -0.4 is 16.0 Å². The van der Waals surface area contributed by atoms with Gasteiger partial charge in [-0.05, 0) is 60.2 Å². The van der Waals surface area contributed by atoms with Crippen molar-refractivity contribution in [1.82, 2.24) is 16.0 Å². The number of rotatable bonds is 12. The highest BCUT2D eigenvalue weighted by Gasteiger charge is 2.47. The minimum absolute atomic E-state index is 0.0146. The molecule has 2 aliphatic rings. The Morgan fingerprint density at radius 2 is 1.68 bits per heavy atom. The van der Waals surface area contributed by atoms with Crippen molar-refractivity contribution in [3.05, 3.63) is 83.4 Å². The predicted molar refractivity (Wildman–Crippen MR) is 185 cm³/mol. The summed E-state index contributed by atoms with van der Waals surface area (Å²) in [5, 5.41) is 9.94. The largest absolute Gasteiger partial charge is 0.467 e. The summed E-state index contributed by atoms with van der Waals surface area (Å²) in [5.41, 5.74) is 0.357. The van der Waals surface area contributed by atoms with Crippen molar-refractivity contribution in [2.45, 2.75) is 101 Å². The fourth-order valence-corrected chi connectivity index (χ4v) is 6.66. The van der Waals surface area contributed by atoms with E-state index in [1.165, 1.54) is 26.2 Å². The van der Waals surface area contributed by atoms with Gasteiger partial charge in [0.1, 0.15) is 18.8 Å². The number of benzene rings is 3. The van der Waals surface area contributed by atoms with E-state index >= 15 is 0 Å². The number of hydrogen-bond acceptors (Lipinski definition) is 9. The fourth-order valence-electron chi connectivity index (χ4n) is 6.66. The minimum atomic E-state index is -4.51.